The standard InChI is InChI=1S/C18H18FN3O/c1-2-22(13-16-5-3-15(12-20)11-17(16)19)18(23)6-4-14-7-9-21-10-8-14/h3,5,7-11H,2,4,6,13H2,1H3. The lowest BCUT2D eigenvalue weighted by Crippen LogP contribution is -2.30. The molecule has 0 bridgehead atoms. The summed E-state index contributed by atoms with van der Waals surface area (Å²) in [6.45, 7) is 2.59. The highest BCUT2D eigenvalue weighted by Gasteiger charge is 2.14. The Bertz CT molecular complexity index is 710. The summed E-state index contributed by atoms with van der Waals surface area (Å²) in [5, 5.41) is 8.76. The number of nitriles is 1. The maximum atomic E-state index is 14.0. The zero-order chi connectivity index (χ0) is 16.7. The minimum atomic E-state index is -0.454. The van der Waals surface area contributed by atoms with E-state index in [1.165, 1.54) is 6.07 Å². The second-order valence-electron chi connectivity index (χ2n) is 5.18. The zero-order valence-corrected chi connectivity index (χ0v) is 13.0. The van der Waals surface area contributed by atoms with Crippen LogP contribution >= 0.6 is 0 Å². The summed E-state index contributed by atoms with van der Waals surface area (Å²) < 4.78 is 14.0. The molecular formula is C18H18FN3O. The predicted octanol–water partition coefficient (Wildman–Crippen LogP) is 3.07. The molecule has 1 aromatic heterocycles. The molecule has 0 saturated carbocycles. The molecule has 1 heterocycles. The molecule has 0 aliphatic carbocycles. The smallest absolute Gasteiger partial charge is 0.223 e. The molecule has 0 unspecified atom stereocenters. The summed E-state index contributed by atoms with van der Waals surface area (Å²) in [7, 11) is 0. The van der Waals surface area contributed by atoms with Gasteiger partial charge in [-0.05, 0) is 43.2 Å². The fourth-order valence-corrected chi connectivity index (χ4v) is 2.29. The van der Waals surface area contributed by atoms with Crippen LogP contribution < -0.4 is 0 Å². The van der Waals surface area contributed by atoms with Gasteiger partial charge >= 0.3 is 0 Å². The first kappa shape index (κ1) is 16.6. The first-order valence-corrected chi connectivity index (χ1v) is 7.49. The third kappa shape index (κ3) is 4.62. The van der Waals surface area contributed by atoms with Crippen molar-refractivity contribution in [1.82, 2.24) is 9.88 Å². The van der Waals surface area contributed by atoms with Crippen LogP contribution in [0.5, 0.6) is 0 Å². The van der Waals surface area contributed by atoms with E-state index in [1.54, 1.807) is 29.4 Å². The molecule has 0 atom stereocenters. The van der Waals surface area contributed by atoms with Crippen LogP contribution in [0.25, 0.3) is 0 Å². The molecule has 0 N–H and O–H groups in total. The van der Waals surface area contributed by atoms with Crippen LogP contribution in [0.1, 0.15) is 30.0 Å². The molecule has 23 heavy (non-hydrogen) atoms. The molecule has 0 spiro atoms. The number of carbonyl (C=O) groups is 1. The maximum absolute atomic E-state index is 14.0. The van der Waals surface area contributed by atoms with E-state index in [9.17, 15) is 9.18 Å². The van der Waals surface area contributed by atoms with E-state index in [2.05, 4.69) is 4.98 Å². The third-order valence-electron chi connectivity index (χ3n) is 3.65. The summed E-state index contributed by atoms with van der Waals surface area (Å²) in [5.41, 5.74) is 1.75. The minimum absolute atomic E-state index is 0.0203. The SMILES string of the molecule is CCN(Cc1ccc(C#N)cc1F)C(=O)CCc1ccncc1. The quantitative estimate of drug-likeness (QED) is 0.824. The number of amides is 1. The number of pyridine rings is 1. The molecular weight excluding hydrogens is 293 g/mol. The molecule has 1 amide bonds. The normalized spacial score (nSPS) is 10.1. The summed E-state index contributed by atoms with van der Waals surface area (Å²) in [4.78, 5) is 17.9. The van der Waals surface area contributed by atoms with Gasteiger partial charge in [-0.25, -0.2) is 4.39 Å². The topological polar surface area (TPSA) is 57.0 Å². The van der Waals surface area contributed by atoms with Crippen LogP contribution in [-0.4, -0.2) is 22.3 Å². The Morgan fingerprint density at radius 1 is 1.30 bits per heavy atom. The largest absolute Gasteiger partial charge is 0.339 e. The van der Waals surface area contributed by atoms with Gasteiger partial charge in [-0.15, -0.1) is 0 Å². The highest BCUT2D eigenvalue weighted by molar-refractivity contribution is 5.76. The number of aromatic nitrogens is 1. The van der Waals surface area contributed by atoms with Crippen molar-refractivity contribution in [3.8, 4) is 6.07 Å². The van der Waals surface area contributed by atoms with E-state index in [0.717, 1.165) is 5.56 Å². The van der Waals surface area contributed by atoms with Gasteiger partial charge in [0.1, 0.15) is 5.82 Å². The zero-order valence-electron chi connectivity index (χ0n) is 13.0. The van der Waals surface area contributed by atoms with E-state index in [-0.39, 0.29) is 18.0 Å². The Hall–Kier alpha value is -2.74. The highest BCUT2D eigenvalue weighted by atomic mass is 19.1. The second kappa shape index (κ2) is 8.04. The lowest BCUT2D eigenvalue weighted by molar-refractivity contribution is -0.131. The van der Waals surface area contributed by atoms with Gasteiger partial charge in [-0.3, -0.25) is 9.78 Å². The van der Waals surface area contributed by atoms with Crippen molar-refractivity contribution in [2.75, 3.05) is 6.54 Å². The van der Waals surface area contributed by atoms with Gasteiger partial charge in [0.15, 0.2) is 0 Å². The van der Waals surface area contributed by atoms with Crippen LogP contribution in [0, 0.1) is 17.1 Å². The number of rotatable bonds is 6. The molecule has 4 nitrogen and oxygen atoms in total. The van der Waals surface area contributed by atoms with Crippen molar-refractivity contribution in [3.05, 3.63) is 65.2 Å². The number of hydrogen-bond acceptors (Lipinski definition) is 3. The predicted molar refractivity (Wildman–Crippen MR) is 84.8 cm³/mol. The Kier molecular flexibility index (Phi) is 5.81. The van der Waals surface area contributed by atoms with Crippen LogP contribution in [0.4, 0.5) is 4.39 Å². The Morgan fingerprint density at radius 2 is 2.04 bits per heavy atom. The van der Waals surface area contributed by atoms with Crippen LogP contribution in [0.3, 0.4) is 0 Å². The first-order valence-electron chi connectivity index (χ1n) is 7.49. The van der Waals surface area contributed by atoms with Gasteiger partial charge in [0.05, 0.1) is 11.6 Å². The van der Waals surface area contributed by atoms with Crippen molar-refractivity contribution in [1.29, 1.82) is 5.26 Å². The van der Waals surface area contributed by atoms with Gasteiger partial charge in [-0.1, -0.05) is 6.07 Å². The molecule has 0 aliphatic heterocycles. The Labute approximate surface area is 135 Å². The van der Waals surface area contributed by atoms with Crippen molar-refractivity contribution < 1.29 is 9.18 Å². The van der Waals surface area contributed by atoms with Crippen LogP contribution in [0.15, 0.2) is 42.7 Å². The van der Waals surface area contributed by atoms with Gasteiger partial charge in [0, 0.05) is 37.5 Å². The second-order valence-corrected chi connectivity index (χ2v) is 5.18. The van der Waals surface area contributed by atoms with Gasteiger partial charge in [-0.2, -0.15) is 5.26 Å². The lowest BCUT2D eigenvalue weighted by atomic mass is 10.1. The van der Waals surface area contributed by atoms with Crippen LogP contribution in [0.2, 0.25) is 0 Å². The van der Waals surface area contributed by atoms with E-state index in [1.807, 2.05) is 25.1 Å². The van der Waals surface area contributed by atoms with E-state index in [0.29, 0.717) is 24.9 Å². The number of hydrogen-bond donors (Lipinski definition) is 0. The number of benzene rings is 1. The molecule has 2 aromatic rings. The van der Waals surface area contributed by atoms with E-state index < -0.39 is 5.82 Å². The van der Waals surface area contributed by atoms with Crippen molar-refractivity contribution >= 4 is 5.91 Å². The molecule has 2 rings (SSSR count). The fourth-order valence-electron chi connectivity index (χ4n) is 2.29. The maximum Gasteiger partial charge on any atom is 0.223 e. The molecule has 118 valence electrons. The number of nitrogens with zero attached hydrogens (tertiary/aromatic N) is 3. The first-order chi connectivity index (χ1) is 11.1. The summed E-state index contributed by atoms with van der Waals surface area (Å²) in [5.74, 6) is -0.475. The molecule has 0 aliphatic rings. The summed E-state index contributed by atoms with van der Waals surface area (Å²) in [6, 6.07) is 9.98. The minimum Gasteiger partial charge on any atom is -0.339 e. The van der Waals surface area contributed by atoms with E-state index in [4.69, 9.17) is 5.26 Å². The fraction of sp³-hybridized carbons (Fsp3) is 0.278. The van der Waals surface area contributed by atoms with Crippen molar-refractivity contribution in [2.24, 2.45) is 0 Å². The van der Waals surface area contributed by atoms with Gasteiger partial charge < -0.3 is 4.90 Å². The number of aryl methyl sites for hydroxylation is 1. The summed E-state index contributed by atoms with van der Waals surface area (Å²) in [6.07, 6.45) is 4.40. The average molecular weight is 311 g/mol. The van der Waals surface area contributed by atoms with Crippen molar-refractivity contribution in [2.45, 2.75) is 26.3 Å². The highest BCUT2D eigenvalue weighted by Crippen LogP contribution is 2.14. The molecule has 0 fully saturated rings. The van der Waals surface area contributed by atoms with Crippen molar-refractivity contribution in [3.63, 3.8) is 0 Å². The Morgan fingerprint density at radius 3 is 2.65 bits per heavy atom. The lowest BCUT2D eigenvalue weighted by Gasteiger charge is -2.21. The molecule has 1 aromatic carbocycles. The Balaban J connectivity index is 1.99. The van der Waals surface area contributed by atoms with Crippen LogP contribution in [-0.2, 0) is 17.8 Å². The van der Waals surface area contributed by atoms with Gasteiger partial charge in [0.2, 0.25) is 5.91 Å². The summed E-state index contributed by atoms with van der Waals surface area (Å²) >= 11 is 0. The molecule has 0 radical (unpaired) electrons. The van der Waals surface area contributed by atoms with E-state index >= 15 is 0 Å². The van der Waals surface area contributed by atoms with Gasteiger partial charge in [0.25, 0.3) is 0 Å². The third-order valence-corrected chi connectivity index (χ3v) is 3.65. The average Bonchev–Trinajstić information content (AvgIpc) is 2.59. The molecule has 5 heteroatoms. The number of halogens is 1. The monoisotopic (exact) mass is 311 g/mol. The molecule has 0 saturated heterocycles. The number of carbonyl (C=O) groups excluding carboxylic acids is 1.